The summed E-state index contributed by atoms with van der Waals surface area (Å²) in [5, 5.41) is 4.16. The average Bonchev–Trinajstić information content (AvgIpc) is 2.62. The molecular weight excluding hydrogens is 302 g/mol. The molecule has 1 aliphatic rings. The Morgan fingerprint density at radius 2 is 1.96 bits per heavy atom. The van der Waals surface area contributed by atoms with Crippen LogP contribution in [0.1, 0.15) is 25.3 Å². The average molecular weight is 325 g/mol. The number of piperidine rings is 1. The molecule has 0 spiro atoms. The van der Waals surface area contributed by atoms with Gasteiger partial charge in [-0.05, 0) is 30.9 Å². The van der Waals surface area contributed by atoms with Crippen LogP contribution in [0.4, 0.5) is 0 Å². The van der Waals surface area contributed by atoms with E-state index in [9.17, 15) is 9.59 Å². The zero-order valence-electron chi connectivity index (χ0n) is 14.0. The molecule has 5 heteroatoms. The number of hydrogen-bond donors (Lipinski definition) is 1. The first-order valence-corrected chi connectivity index (χ1v) is 8.51. The molecule has 0 radical (unpaired) electrons. The van der Waals surface area contributed by atoms with Crippen LogP contribution in [0.5, 0.6) is 0 Å². The molecule has 126 valence electrons. The summed E-state index contributed by atoms with van der Waals surface area (Å²) >= 11 is 0. The van der Waals surface area contributed by atoms with E-state index in [0.29, 0.717) is 19.6 Å². The van der Waals surface area contributed by atoms with Crippen molar-refractivity contribution in [3.05, 3.63) is 42.1 Å². The summed E-state index contributed by atoms with van der Waals surface area (Å²) in [6, 6.07) is 10.1. The van der Waals surface area contributed by atoms with Crippen molar-refractivity contribution in [2.24, 2.45) is 5.92 Å². The van der Waals surface area contributed by atoms with Crippen LogP contribution in [-0.2, 0) is 16.0 Å². The summed E-state index contributed by atoms with van der Waals surface area (Å²) in [4.78, 5) is 29.9. The molecule has 3 rings (SSSR count). The lowest BCUT2D eigenvalue weighted by atomic mass is 9.96. The van der Waals surface area contributed by atoms with Crippen molar-refractivity contribution in [1.29, 1.82) is 0 Å². The van der Waals surface area contributed by atoms with E-state index in [4.69, 9.17) is 0 Å². The number of benzene rings is 1. The predicted molar refractivity (Wildman–Crippen MR) is 93.4 cm³/mol. The molecule has 2 aromatic rings. The largest absolute Gasteiger partial charge is 0.356 e. The fraction of sp³-hybridized carbons (Fsp3) is 0.421. The van der Waals surface area contributed by atoms with Crippen LogP contribution in [0.15, 0.2) is 36.5 Å². The van der Waals surface area contributed by atoms with Gasteiger partial charge in [-0.15, -0.1) is 0 Å². The zero-order valence-corrected chi connectivity index (χ0v) is 14.0. The maximum absolute atomic E-state index is 12.3. The lowest BCUT2D eigenvalue weighted by Gasteiger charge is -2.30. The first kappa shape index (κ1) is 16.4. The van der Waals surface area contributed by atoms with E-state index in [1.54, 1.807) is 13.1 Å². The van der Waals surface area contributed by atoms with Crippen LogP contribution >= 0.6 is 0 Å². The molecule has 1 saturated heterocycles. The Morgan fingerprint density at radius 3 is 2.71 bits per heavy atom. The Balaban J connectivity index is 1.51. The molecular formula is C19H23N3O2. The number of para-hydroxylation sites is 1. The first-order valence-electron chi connectivity index (χ1n) is 8.51. The molecule has 24 heavy (non-hydrogen) atoms. The van der Waals surface area contributed by atoms with Crippen LogP contribution in [0, 0.1) is 5.92 Å². The minimum Gasteiger partial charge on any atom is -0.356 e. The second-order valence-corrected chi connectivity index (χ2v) is 6.31. The van der Waals surface area contributed by atoms with Gasteiger partial charge in [-0.25, -0.2) is 0 Å². The molecule has 5 nitrogen and oxygen atoms in total. The van der Waals surface area contributed by atoms with Gasteiger partial charge in [0.15, 0.2) is 0 Å². The second kappa shape index (κ2) is 7.43. The monoisotopic (exact) mass is 325 g/mol. The maximum Gasteiger partial charge on any atom is 0.223 e. The van der Waals surface area contributed by atoms with Crippen LogP contribution in [-0.4, -0.2) is 41.3 Å². The maximum atomic E-state index is 12.3. The first-order chi connectivity index (χ1) is 11.6. The van der Waals surface area contributed by atoms with E-state index < -0.39 is 0 Å². The normalized spacial score (nSPS) is 15.5. The standard InChI is InChI=1S/C19H23N3O2/c1-14(23)22-12-8-17(9-13-22)19(24)21-11-7-16-5-2-4-15-6-3-10-20-18(15)16/h2-6,10,17H,7-9,11-13H2,1H3,(H,21,24). The Kier molecular flexibility index (Phi) is 5.08. The number of nitrogens with zero attached hydrogens (tertiary/aromatic N) is 2. The van der Waals surface area contributed by atoms with Crippen molar-refractivity contribution < 1.29 is 9.59 Å². The smallest absolute Gasteiger partial charge is 0.223 e. The molecule has 0 unspecified atom stereocenters. The SMILES string of the molecule is CC(=O)N1CCC(C(=O)NCCc2cccc3cccnc23)CC1. The molecule has 2 amide bonds. The Morgan fingerprint density at radius 1 is 1.21 bits per heavy atom. The third kappa shape index (κ3) is 3.72. The molecule has 1 aromatic heterocycles. The highest BCUT2D eigenvalue weighted by atomic mass is 16.2. The van der Waals surface area contributed by atoms with Gasteiger partial charge in [-0.3, -0.25) is 14.6 Å². The van der Waals surface area contributed by atoms with E-state index >= 15 is 0 Å². The van der Waals surface area contributed by atoms with Crippen molar-refractivity contribution >= 4 is 22.7 Å². The fourth-order valence-electron chi connectivity index (χ4n) is 3.29. The van der Waals surface area contributed by atoms with Gasteiger partial charge in [0.2, 0.25) is 11.8 Å². The van der Waals surface area contributed by atoms with Gasteiger partial charge in [-0.2, -0.15) is 0 Å². The number of pyridine rings is 1. The number of amides is 2. The van der Waals surface area contributed by atoms with Crippen LogP contribution in [0.2, 0.25) is 0 Å². The van der Waals surface area contributed by atoms with Gasteiger partial charge in [0.25, 0.3) is 0 Å². The molecule has 1 fully saturated rings. The topological polar surface area (TPSA) is 62.3 Å². The highest BCUT2D eigenvalue weighted by molar-refractivity contribution is 5.82. The summed E-state index contributed by atoms with van der Waals surface area (Å²) in [5.41, 5.74) is 2.16. The molecule has 2 heterocycles. The lowest BCUT2D eigenvalue weighted by molar-refractivity contribution is -0.133. The molecule has 0 saturated carbocycles. The van der Waals surface area contributed by atoms with Crippen molar-refractivity contribution in [2.75, 3.05) is 19.6 Å². The van der Waals surface area contributed by atoms with Crippen LogP contribution < -0.4 is 5.32 Å². The van der Waals surface area contributed by atoms with Crippen LogP contribution in [0.25, 0.3) is 10.9 Å². The number of carbonyl (C=O) groups excluding carboxylic acids is 2. The zero-order chi connectivity index (χ0) is 16.9. The van der Waals surface area contributed by atoms with E-state index in [2.05, 4.69) is 16.4 Å². The highest BCUT2D eigenvalue weighted by Gasteiger charge is 2.25. The number of hydrogen-bond acceptors (Lipinski definition) is 3. The Labute approximate surface area is 142 Å². The molecule has 1 aromatic carbocycles. The van der Waals surface area contributed by atoms with Gasteiger partial charge in [0.05, 0.1) is 5.52 Å². The summed E-state index contributed by atoms with van der Waals surface area (Å²) in [6.45, 7) is 3.56. The fourth-order valence-corrected chi connectivity index (χ4v) is 3.29. The second-order valence-electron chi connectivity index (χ2n) is 6.31. The molecule has 0 atom stereocenters. The van der Waals surface area contributed by atoms with Crippen molar-refractivity contribution in [1.82, 2.24) is 15.2 Å². The van der Waals surface area contributed by atoms with Crippen LogP contribution in [0.3, 0.4) is 0 Å². The summed E-state index contributed by atoms with van der Waals surface area (Å²) in [5.74, 6) is 0.218. The van der Waals surface area contributed by atoms with Crippen molar-refractivity contribution in [3.8, 4) is 0 Å². The number of nitrogens with one attached hydrogen (secondary N) is 1. The van der Waals surface area contributed by atoms with Gasteiger partial charge in [-0.1, -0.05) is 24.3 Å². The van der Waals surface area contributed by atoms with Gasteiger partial charge in [0.1, 0.15) is 0 Å². The molecule has 0 bridgehead atoms. The Bertz CT molecular complexity index is 731. The number of aromatic nitrogens is 1. The highest BCUT2D eigenvalue weighted by Crippen LogP contribution is 2.18. The van der Waals surface area contributed by atoms with Crippen molar-refractivity contribution in [3.63, 3.8) is 0 Å². The van der Waals surface area contributed by atoms with Gasteiger partial charge < -0.3 is 10.2 Å². The number of likely N-dealkylation sites (tertiary alicyclic amines) is 1. The third-order valence-corrected chi connectivity index (χ3v) is 4.72. The predicted octanol–water partition coefficient (Wildman–Crippen LogP) is 2.15. The van der Waals surface area contributed by atoms with Gasteiger partial charge >= 0.3 is 0 Å². The van der Waals surface area contributed by atoms with Crippen molar-refractivity contribution in [2.45, 2.75) is 26.2 Å². The molecule has 0 aliphatic carbocycles. The number of rotatable bonds is 4. The summed E-state index contributed by atoms with van der Waals surface area (Å²) < 4.78 is 0. The quantitative estimate of drug-likeness (QED) is 0.937. The van der Waals surface area contributed by atoms with E-state index in [1.165, 1.54) is 0 Å². The van der Waals surface area contributed by atoms with Gasteiger partial charge in [0, 0.05) is 44.1 Å². The molecule has 1 aliphatic heterocycles. The summed E-state index contributed by atoms with van der Waals surface area (Å²) in [6.07, 6.45) is 4.07. The lowest BCUT2D eigenvalue weighted by Crippen LogP contribution is -2.42. The van der Waals surface area contributed by atoms with E-state index in [-0.39, 0.29) is 17.7 Å². The minimum absolute atomic E-state index is 0.0197. The number of fused-ring (bicyclic) bond motifs is 1. The summed E-state index contributed by atoms with van der Waals surface area (Å²) in [7, 11) is 0. The Hall–Kier alpha value is -2.43. The molecule has 1 N–H and O–H groups in total. The third-order valence-electron chi connectivity index (χ3n) is 4.72. The van der Waals surface area contributed by atoms with E-state index in [0.717, 1.165) is 35.7 Å². The minimum atomic E-state index is 0.0197. The number of carbonyl (C=O) groups is 2. The van der Waals surface area contributed by atoms with E-state index in [1.807, 2.05) is 29.2 Å².